The molecule has 1 atom stereocenters. The molecule has 158 valence electrons. The van der Waals surface area contributed by atoms with Gasteiger partial charge in [0.25, 0.3) is 0 Å². The van der Waals surface area contributed by atoms with Gasteiger partial charge in [-0.3, -0.25) is 9.59 Å². The Balaban J connectivity index is 1.48. The van der Waals surface area contributed by atoms with Crippen molar-refractivity contribution in [3.63, 3.8) is 0 Å². The van der Waals surface area contributed by atoms with Crippen molar-refractivity contribution in [2.75, 3.05) is 19.8 Å². The summed E-state index contributed by atoms with van der Waals surface area (Å²) in [6.45, 7) is 1.87. The summed E-state index contributed by atoms with van der Waals surface area (Å²) in [7, 11) is 0. The third-order valence-electron chi connectivity index (χ3n) is 6.04. The molecule has 1 aromatic heterocycles. The normalized spacial score (nSPS) is 18.3. The van der Waals surface area contributed by atoms with Crippen LogP contribution in [0.1, 0.15) is 24.0 Å². The number of nitrogens with one attached hydrogen (secondary N) is 3. The second kappa shape index (κ2) is 8.40. The molecule has 0 bridgehead atoms. The molecule has 6 heteroatoms. The van der Waals surface area contributed by atoms with Gasteiger partial charge in [-0.25, -0.2) is 0 Å². The van der Waals surface area contributed by atoms with Crippen molar-refractivity contribution in [1.29, 1.82) is 0 Å². The van der Waals surface area contributed by atoms with Crippen molar-refractivity contribution in [1.82, 2.24) is 15.6 Å². The van der Waals surface area contributed by atoms with E-state index in [2.05, 4.69) is 52.0 Å². The summed E-state index contributed by atoms with van der Waals surface area (Å²) in [4.78, 5) is 28.0. The Kier molecular flexibility index (Phi) is 5.30. The third kappa shape index (κ3) is 3.86. The molecule has 3 aromatic rings. The molecule has 0 spiro atoms. The Morgan fingerprint density at radius 3 is 2.74 bits per heavy atom. The fourth-order valence-electron chi connectivity index (χ4n) is 4.46. The molecular formula is C25H25N3O3. The SMILES string of the molecule is O=C(CCc1c(-c2ccccc2)[nH]c2c(C3=CCOC3)cccc12)NC1CCNC1=O. The van der Waals surface area contributed by atoms with E-state index in [1.165, 1.54) is 5.57 Å². The van der Waals surface area contributed by atoms with Gasteiger partial charge in [0.05, 0.1) is 18.7 Å². The first-order valence-corrected chi connectivity index (χ1v) is 10.7. The summed E-state index contributed by atoms with van der Waals surface area (Å²) in [6, 6.07) is 16.1. The van der Waals surface area contributed by atoms with Crippen LogP contribution in [0.15, 0.2) is 54.6 Å². The molecule has 3 heterocycles. The number of para-hydroxylation sites is 1. The Bertz CT molecular complexity index is 1160. The minimum absolute atomic E-state index is 0.0953. The van der Waals surface area contributed by atoms with E-state index in [0.717, 1.165) is 33.3 Å². The quantitative estimate of drug-likeness (QED) is 0.578. The molecule has 5 rings (SSSR count). The van der Waals surface area contributed by atoms with Gasteiger partial charge in [0.2, 0.25) is 11.8 Å². The molecule has 2 aliphatic rings. The zero-order valence-corrected chi connectivity index (χ0v) is 17.2. The zero-order valence-electron chi connectivity index (χ0n) is 17.2. The van der Waals surface area contributed by atoms with Gasteiger partial charge in [-0.05, 0) is 29.5 Å². The highest BCUT2D eigenvalue weighted by atomic mass is 16.5. The molecule has 0 aliphatic carbocycles. The number of carbonyl (C=O) groups is 2. The molecule has 2 aromatic carbocycles. The fourth-order valence-corrected chi connectivity index (χ4v) is 4.46. The Labute approximate surface area is 180 Å². The minimum Gasteiger partial charge on any atom is -0.373 e. The Hall–Kier alpha value is -3.38. The number of hydrogen-bond acceptors (Lipinski definition) is 3. The highest BCUT2D eigenvalue weighted by Crippen LogP contribution is 2.35. The number of ether oxygens (including phenoxy) is 1. The summed E-state index contributed by atoms with van der Waals surface area (Å²) >= 11 is 0. The van der Waals surface area contributed by atoms with Crippen LogP contribution in [0, 0.1) is 0 Å². The van der Waals surface area contributed by atoms with Crippen molar-refractivity contribution in [2.45, 2.75) is 25.3 Å². The maximum atomic E-state index is 12.6. The van der Waals surface area contributed by atoms with E-state index in [-0.39, 0.29) is 11.8 Å². The number of H-pyrrole nitrogens is 1. The van der Waals surface area contributed by atoms with E-state index in [4.69, 9.17) is 4.74 Å². The first-order chi connectivity index (χ1) is 15.2. The number of fused-ring (bicyclic) bond motifs is 1. The van der Waals surface area contributed by atoms with Crippen LogP contribution in [0.25, 0.3) is 27.7 Å². The highest BCUT2D eigenvalue weighted by molar-refractivity contribution is 5.98. The summed E-state index contributed by atoms with van der Waals surface area (Å²) in [5, 5.41) is 6.75. The van der Waals surface area contributed by atoms with Crippen LogP contribution in [0.4, 0.5) is 0 Å². The third-order valence-corrected chi connectivity index (χ3v) is 6.04. The van der Waals surface area contributed by atoms with Gasteiger partial charge >= 0.3 is 0 Å². The predicted octanol–water partition coefficient (Wildman–Crippen LogP) is 3.19. The second-order valence-electron chi connectivity index (χ2n) is 8.02. The van der Waals surface area contributed by atoms with E-state index in [0.29, 0.717) is 39.0 Å². The molecule has 0 saturated carbocycles. The van der Waals surface area contributed by atoms with Crippen LogP contribution in [0.3, 0.4) is 0 Å². The average molecular weight is 415 g/mol. The van der Waals surface area contributed by atoms with Crippen LogP contribution in [-0.2, 0) is 20.7 Å². The Morgan fingerprint density at radius 2 is 2.00 bits per heavy atom. The van der Waals surface area contributed by atoms with Gasteiger partial charge in [0.1, 0.15) is 6.04 Å². The summed E-state index contributed by atoms with van der Waals surface area (Å²) in [5.74, 6) is -0.194. The van der Waals surface area contributed by atoms with Gasteiger partial charge in [-0.2, -0.15) is 0 Å². The average Bonchev–Trinajstić information content (AvgIpc) is 3.53. The largest absolute Gasteiger partial charge is 0.373 e. The number of aromatic amines is 1. The lowest BCUT2D eigenvalue weighted by molar-refractivity contribution is -0.127. The van der Waals surface area contributed by atoms with Crippen LogP contribution in [0.2, 0.25) is 0 Å². The van der Waals surface area contributed by atoms with E-state index in [1.807, 2.05) is 18.2 Å². The fraction of sp³-hybridized carbons (Fsp3) is 0.280. The number of aromatic nitrogens is 1. The number of amides is 2. The second-order valence-corrected chi connectivity index (χ2v) is 8.02. The molecule has 3 N–H and O–H groups in total. The van der Waals surface area contributed by atoms with Gasteiger partial charge in [0.15, 0.2) is 0 Å². The lowest BCUT2D eigenvalue weighted by Gasteiger charge is -2.10. The molecule has 1 unspecified atom stereocenters. The monoisotopic (exact) mass is 415 g/mol. The lowest BCUT2D eigenvalue weighted by Crippen LogP contribution is -2.40. The van der Waals surface area contributed by atoms with Crippen LogP contribution < -0.4 is 10.6 Å². The molecule has 1 fully saturated rings. The van der Waals surface area contributed by atoms with Gasteiger partial charge in [-0.1, -0.05) is 54.6 Å². The molecule has 2 amide bonds. The van der Waals surface area contributed by atoms with Gasteiger partial charge in [-0.15, -0.1) is 0 Å². The number of hydrogen-bond donors (Lipinski definition) is 3. The van der Waals surface area contributed by atoms with Crippen molar-refractivity contribution in [3.05, 3.63) is 65.7 Å². The number of carbonyl (C=O) groups excluding carboxylic acids is 2. The van der Waals surface area contributed by atoms with Crippen LogP contribution in [-0.4, -0.2) is 42.6 Å². The maximum absolute atomic E-state index is 12.6. The van der Waals surface area contributed by atoms with E-state index in [1.54, 1.807) is 0 Å². The number of rotatable bonds is 6. The maximum Gasteiger partial charge on any atom is 0.242 e. The van der Waals surface area contributed by atoms with E-state index >= 15 is 0 Å². The first-order valence-electron chi connectivity index (χ1n) is 10.7. The summed E-state index contributed by atoms with van der Waals surface area (Å²) < 4.78 is 5.54. The van der Waals surface area contributed by atoms with Crippen molar-refractivity contribution in [3.8, 4) is 11.3 Å². The first kappa shape index (κ1) is 19.6. The predicted molar refractivity (Wildman–Crippen MR) is 120 cm³/mol. The van der Waals surface area contributed by atoms with Gasteiger partial charge < -0.3 is 20.4 Å². The standard InChI is InChI=1S/C25H25N3O3/c29-22(27-21-11-13-26-25(21)30)10-9-20-19-8-4-7-18(17-12-14-31-15-17)24(19)28-23(20)16-5-2-1-3-6-16/h1-8,12,21,28H,9-11,13-15H2,(H,26,30)(H,27,29). The lowest BCUT2D eigenvalue weighted by atomic mass is 9.98. The highest BCUT2D eigenvalue weighted by Gasteiger charge is 2.26. The molecule has 1 saturated heterocycles. The molecule has 31 heavy (non-hydrogen) atoms. The molecule has 2 aliphatic heterocycles. The smallest absolute Gasteiger partial charge is 0.242 e. The van der Waals surface area contributed by atoms with Crippen LogP contribution >= 0.6 is 0 Å². The molecule has 0 radical (unpaired) electrons. The number of aryl methyl sites for hydroxylation is 1. The molecular weight excluding hydrogens is 390 g/mol. The van der Waals surface area contributed by atoms with E-state index in [9.17, 15) is 9.59 Å². The zero-order chi connectivity index (χ0) is 21.2. The van der Waals surface area contributed by atoms with E-state index < -0.39 is 6.04 Å². The summed E-state index contributed by atoms with van der Waals surface area (Å²) in [6.07, 6.45) is 3.68. The van der Waals surface area contributed by atoms with Gasteiger partial charge in [0, 0.05) is 29.6 Å². The number of benzene rings is 2. The van der Waals surface area contributed by atoms with Crippen LogP contribution in [0.5, 0.6) is 0 Å². The van der Waals surface area contributed by atoms with Crippen molar-refractivity contribution in [2.24, 2.45) is 0 Å². The van der Waals surface area contributed by atoms with Crippen molar-refractivity contribution < 1.29 is 14.3 Å². The van der Waals surface area contributed by atoms with Crippen molar-refractivity contribution >= 4 is 28.3 Å². The Morgan fingerprint density at radius 1 is 1.13 bits per heavy atom. The molecule has 6 nitrogen and oxygen atoms in total. The topological polar surface area (TPSA) is 83.2 Å². The minimum atomic E-state index is -0.412. The summed E-state index contributed by atoms with van der Waals surface area (Å²) in [5.41, 5.74) is 6.65.